The highest BCUT2D eigenvalue weighted by atomic mass is 79.9. The lowest BCUT2D eigenvalue weighted by atomic mass is 10.00. The first kappa shape index (κ1) is 12.4. The number of halogens is 2. The number of hydrogen-bond donors (Lipinski definition) is 0. The third kappa shape index (κ3) is 2.15. The number of rotatable bonds is 2. The minimum Gasteiger partial charge on any atom is -0.152 e. The van der Waals surface area contributed by atoms with Gasteiger partial charge in [-0.2, -0.15) is 11.3 Å². The van der Waals surface area contributed by atoms with Crippen LogP contribution in [0.5, 0.6) is 0 Å². The van der Waals surface area contributed by atoms with Crippen molar-refractivity contribution in [3.8, 4) is 0 Å². The van der Waals surface area contributed by atoms with E-state index in [-0.39, 0.29) is 4.83 Å². The van der Waals surface area contributed by atoms with Gasteiger partial charge in [-0.25, -0.2) is 0 Å². The number of benzene rings is 2. The van der Waals surface area contributed by atoms with E-state index in [0.717, 1.165) is 4.47 Å². The second-order valence-corrected chi connectivity index (χ2v) is 6.65. The van der Waals surface area contributed by atoms with Crippen LogP contribution in [0, 0.1) is 0 Å². The first-order valence-corrected chi connectivity index (χ1v) is 8.26. The smallest absolute Gasteiger partial charge is 0.0658 e. The lowest BCUT2D eigenvalue weighted by Crippen LogP contribution is -1.92. The van der Waals surface area contributed by atoms with Gasteiger partial charge in [0.15, 0.2) is 0 Å². The van der Waals surface area contributed by atoms with Gasteiger partial charge in [-0.15, -0.1) is 0 Å². The third-order valence-corrected chi connectivity index (χ3v) is 5.43. The normalized spacial score (nSPS) is 12.8. The molecule has 3 rings (SSSR count). The van der Waals surface area contributed by atoms with E-state index in [1.807, 2.05) is 0 Å². The van der Waals surface area contributed by atoms with Crippen molar-refractivity contribution in [2.45, 2.75) is 4.83 Å². The lowest BCUT2D eigenvalue weighted by molar-refractivity contribution is 1.22. The van der Waals surface area contributed by atoms with Crippen LogP contribution in [-0.4, -0.2) is 0 Å². The molecule has 0 saturated heterocycles. The van der Waals surface area contributed by atoms with Gasteiger partial charge in [-0.05, 0) is 44.8 Å². The summed E-state index contributed by atoms with van der Waals surface area (Å²) in [7, 11) is 0. The molecule has 0 radical (unpaired) electrons. The van der Waals surface area contributed by atoms with Crippen LogP contribution in [0.15, 0.2) is 57.7 Å². The molecular weight excluding hydrogens is 372 g/mol. The summed E-state index contributed by atoms with van der Waals surface area (Å²) in [5, 5.41) is 6.86. The Morgan fingerprint density at radius 3 is 2.44 bits per heavy atom. The highest BCUT2D eigenvalue weighted by Gasteiger charge is 2.14. The Hall–Kier alpha value is -0.640. The fourth-order valence-corrected chi connectivity index (χ4v) is 4.13. The fraction of sp³-hybridized carbons (Fsp3) is 0.0667. The van der Waals surface area contributed by atoms with E-state index in [1.165, 1.54) is 21.9 Å². The van der Waals surface area contributed by atoms with Gasteiger partial charge in [0.2, 0.25) is 0 Å². The molecule has 1 heterocycles. The maximum atomic E-state index is 3.81. The predicted molar refractivity (Wildman–Crippen MR) is 86.7 cm³/mol. The molecule has 0 aliphatic carbocycles. The molecule has 0 bridgehead atoms. The third-order valence-electron chi connectivity index (χ3n) is 3.01. The van der Waals surface area contributed by atoms with E-state index >= 15 is 0 Å². The Morgan fingerprint density at radius 1 is 0.944 bits per heavy atom. The Balaban J connectivity index is 2.21. The monoisotopic (exact) mass is 380 g/mol. The van der Waals surface area contributed by atoms with Gasteiger partial charge in [0, 0.05) is 4.47 Å². The molecule has 1 atom stereocenters. The molecule has 3 aromatic rings. The van der Waals surface area contributed by atoms with Crippen LogP contribution < -0.4 is 0 Å². The minimum atomic E-state index is 0.252. The molecule has 0 N–H and O–H groups in total. The van der Waals surface area contributed by atoms with Crippen LogP contribution in [-0.2, 0) is 0 Å². The van der Waals surface area contributed by atoms with E-state index in [2.05, 4.69) is 85.1 Å². The van der Waals surface area contributed by atoms with Gasteiger partial charge < -0.3 is 0 Å². The SMILES string of the molecule is Brc1ccc(C(Br)c2ccsc2)c2ccccc12. The van der Waals surface area contributed by atoms with Gasteiger partial charge in [-0.1, -0.05) is 62.2 Å². The lowest BCUT2D eigenvalue weighted by Gasteiger charge is -2.13. The molecule has 2 aromatic carbocycles. The highest BCUT2D eigenvalue weighted by molar-refractivity contribution is 9.10. The molecule has 0 nitrogen and oxygen atoms in total. The number of alkyl halides is 1. The van der Waals surface area contributed by atoms with Crippen LogP contribution in [0.4, 0.5) is 0 Å². The van der Waals surface area contributed by atoms with Crippen LogP contribution >= 0.6 is 43.2 Å². The summed E-state index contributed by atoms with van der Waals surface area (Å²) >= 11 is 9.16. The Bertz CT molecular complexity index is 674. The maximum absolute atomic E-state index is 3.81. The van der Waals surface area contributed by atoms with E-state index in [0.29, 0.717) is 0 Å². The van der Waals surface area contributed by atoms with Crippen LogP contribution in [0.3, 0.4) is 0 Å². The average molecular weight is 382 g/mol. The molecule has 3 heteroatoms. The van der Waals surface area contributed by atoms with E-state index in [1.54, 1.807) is 11.3 Å². The van der Waals surface area contributed by atoms with Crippen LogP contribution in [0.25, 0.3) is 10.8 Å². The van der Waals surface area contributed by atoms with Crippen molar-refractivity contribution in [2.24, 2.45) is 0 Å². The second-order valence-electron chi connectivity index (χ2n) is 4.10. The summed E-state index contributed by atoms with van der Waals surface area (Å²) in [6.45, 7) is 0. The Morgan fingerprint density at radius 2 is 1.72 bits per heavy atom. The number of hydrogen-bond acceptors (Lipinski definition) is 1. The van der Waals surface area contributed by atoms with Crippen molar-refractivity contribution in [3.63, 3.8) is 0 Å². The summed E-state index contributed by atoms with van der Waals surface area (Å²) in [6, 6.07) is 15.0. The zero-order valence-electron chi connectivity index (χ0n) is 9.44. The van der Waals surface area contributed by atoms with Crippen molar-refractivity contribution < 1.29 is 0 Å². The molecule has 18 heavy (non-hydrogen) atoms. The second kappa shape index (κ2) is 5.16. The molecule has 0 aliphatic rings. The zero-order valence-corrected chi connectivity index (χ0v) is 13.4. The molecule has 0 aliphatic heterocycles. The van der Waals surface area contributed by atoms with Crippen LogP contribution in [0.1, 0.15) is 16.0 Å². The summed E-state index contributed by atoms with van der Waals surface area (Å²) in [5.41, 5.74) is 2.62. The first-order valence-electron chi connectivity index (χ1n) is 5.60. The Labute approximate surface area is 127 Å². The quantitative estimate of drug-likeness (QED) is 0.467. The minimum absolute atomic E-state index is 0.252. The number of thiophene rings is 1. The molecule has 0 spiro atoms. The topological polar surface area (TPSA) is 0 Å². The summed E-state index contributed by atoms with van der Waals surface area (Å²) in [6.07, 6.45) is 0. The van der Waals surface area contributed by atoms with Gasteiger partial charge in [0.1, 0.15) is 0 Å². The average Bonchev–Trinajstić information content (AvgIpc) is 2.93. The molecule has 90 valence electrons. The molecule has 1 unspecified atom stereocenters. The molecule has 0 amide bonds. The van der Waals surface area contributed by atoms with Crippen molar-refractivity contribution in [3.05, 3.63) is 68.8 Å². The number of fused-ring (bicyclic) bond motifs is 1. The summed E-state index contributed by atoms with van der Waals surface area (Å²) in [5.74, 6) is 0. The zero-order chi connectivity index (χ0) is 12.5. The summed E-state index contributed by atoms with van der Waals surface area (Å²) < 4.78 is 1.15. The van der Waals surface area contributed by atoms with Crippen molar-refractivity contribution in [2.75, 3.05) is 0 Å². The van der Waals surface area contributed by atoms with E-state index < -0.39 is 0 Å². The largest absolute Gasteiger partial charge is 0.152 e. The molecule has 1 aromatic heterocycles. The van der Waals surface area contributed by atoms with E-state index in [4.69, 9.17) is 0 Å². The van der Waals surface area contributed by atoms with Crippen LogP contribution in [0.2, 0.25) is 0 Å². The Kier molecular flexibility index (Phi) is 3.55. The van der Waals surface area contributed by atoms with Crippen molar-refractivity contribution >= 4 is 54.0 Å². The fourth-order valence-electron chi connectivity index (χ4n) is 2.11. The van der Waals surface area contributed by atoms with Gasteiger partial charge >= 0.3 is 0 Å². The first-order chi connectivity index (χ1) is 8.77. The van der Waals surface area contributed by atoms with Crippen molar-refractivity contribution in [1.29, 1.82) is 0 Å². The maximum Gasteiger partial charge on any atom is 0.0658 e. The molecule has 0 saturated carbocycles. The summed E-state index contributed by atoms with van der Waals surface area (Å²) in [4.78, 5) is 0.252. The van der Waals surface area contributed by atoms with Gasteiger partial charge in [-0.3, -0.25) is 0 Å². The van der Waals surface area contributed by atoms with Gasteiger partial charge in [0.05, 0.1) is 4.83 Å². The van der Waals surface area contributed by atoms with Gasteiger partial charge in [0.25, 0.3) is 0 Å². The highest BCUT2D eigenvalue weighted by Crippen LogP contribution is 2.38. The molecular formula is C15H10Br2S. The van der Waals surface area contributed by atoms with Crippen molar-refractivity contribution in [1.82, 2.24) is 0 Å². The molecule has 0 fully saturated rings. The van der Waals surface area contributed by atoms with E-state index in [9.17, 15) is 0 Å². The predicted octanol–water partition coefficient (Wildman–Crippen LogP) is 6.15. The standard InChI is InChI=1S/C15H10Br2S/c16-14-6-5-13(11-3-1-2-4-12(11)14)15(17)10-7-8-18-9-10/h1-9,15H.